The van der Waals surface area contributed by atoms with E-state index in [4.69, 9.17) is 0 Å². The number of hydrogen-bond acceptors (Lipinski definition) is 3. The van der Waals surface area contributed by atoms with Crippen molar-refractivity contribution in [2.75, 3.05) is 0 Å². The van der Waals surface area contributed by atoms with E-state index < -0.39 is 0 Å². The second kappa shape index (κ2) is 7.96. The number of phenols is 1. The third-order valence-corrected chi connectivity index (χ3v) is 4.68. The molecule has 3 rings (SSSR count). The summed E-state index contributed by atoms with van der Waals surface area (Å²) in [6, 6.07) is 18.9. The molecule has 3 nitrogen and oxygen atoms in total. The third kappa shape index (κ3) is 3.83. The van der Waals surface area contributed by atoms with Gasteiger partial charge >= 0.3 is 0 Å². The van der Waals surface area contributed by atoms with Gasteiger partial charge in [0.2, 0.25) is 0 Å². The molecule has 0 spiro atoms. The summed E-state index contributed by atoms with van der Waals surface area (Å²) in [5.74, 6) is 0.0329. The highest BCUT2D eigenvalue weighted by Crippen LogP contribution is 2.33. The zero-order valence-electron chi connectivity index (χ0n) is 14.9. The summed E-state index contributed by atoms with van der Waals surface area (Å²) in [7, 11) is 0. The van der Waals surface area contributed by atoms with Gasteiger partial charge < -0.3 is 5.11 Å². The summed E-state index contributed by atoms with van der Waals surface area (Å²) in [4.78, 5) is 24.5. The van der Waals surface area contributed by atoms with E-state index >= 15 is 0 Å². The smallest absolute Gasteiger partial charge is 0.170 e. The van der Waals surface area contributed by atoms with Crippen molar-refractivity contribution < 1.29 is 14.7 Å². The Bertz CT molecular complexity index is 942. The average Bonchev–Trinajstić information content (AvgIpc) is 2.67. The Hall–Kier alpha value is -2.94. The van der Waals surface area contributed by atoms with Crippen LogP contribution >= 0.6 is 0 Å². The van der Waals surface area contributed by atoms with Gasteiger partial charge in [-0.1, -0.05) is 61.5 Å². The van der Waals surface area contributed by atoms with Gasteiger partial charge in [-0.25, -0.2) is 0 Å². The molecule has 3 aromatic carbocycles. The highest BCUT2D eigenvalue weighted by atomic mass is 16.3. The van der Waals surface area contributed by atoms with Gasteiger partial charge in [-0.2, -0.15) is 0 Å². The minimum absolute atomic E-state index is 0.00790. The highest BCUT2D eigenvalue weighted by Gasteiger charge is 2.18. The normalized spacial score (nSPS) is 10.8. The standard InChI is InChI=1S/C23H22O3/c1-2-18(24)12-13-20-19-11-7-6-10-17(19)15-21(23(20)26)22(25)14-16-8-4-3-5-9-16/h3-11,15,26H,2,12-14H2,1H3. The second-order valence-electron chi connectivity index (χ2n) is 6.45. The molecule has 0 aromatic heterocycles. The van der Waals surface area contributed by atoms with E-state index in [-0.39, 0.29) is 23.7 Å². The summed E-state index contributed by atoms with van der Waals surface area (Å²) in [6.45, 7) is 1.83. The van der Waals surface area contributed by atoms with Crippen LogP contribution in [-0.4, -0.2) is 16.7 Å². The summed E-state index contributed by atoms with van der Waals surface area (Å²) >= 11 is 0. The predicted octanol–water partition coefficient (Wildman–Crippen LogP) is 4.88. The zero-order chi connectivity index (χ0) is 18.5. The summed E-state index contributed by atoms with van der Waals surface area (Å²) < 4.78 is 0. The van der Waals surface area contributed by atoms with E-state index in [9.17, 15) is 14.7 Å². The molecule has 0 aliphatic rings. The molecule has 0 bridgehead atoms. The second-order valence-corrected chi connectivity index (χ2v) is 6.45. The van der Waals surface area contributed by atoms with Gasteiger partial charge in [0.15, 0.2) is 5.78 Å². The molecular formula is C23H22O3. The van der Waals surface area contributed by atoms with Crippen molar-refractivity contribution in [3.05, 3.63) is 77.4 Å². The van der Waals surface area contributed by atoms with Crippen molar-refractivity contribution in [1.29, 1.82) is 0 Å². The molecule has 0 amide bonds. The van der Waals surface area contributed by atoms with Crippen molar-refractivity contribution in [1.82, 2.24) is 0 Å². The number of carbonyl (C=O) groups is 2. The fourth-order valence-electron chi connectivity index (χ4n) is 3.19. The molecule has 0 heterocycles. The molecule has 0 radical (unpaired) electrons. The first-order valence-electron chi connectivity index (χ1n) is 8.92. The molecule has 26 heavy (non-hydrogen) atoms. The van der Waals surface area contributed by atoms with E-state index in [0.717, 1.165) is 16.3 Å². The van der Waals surface area contributed by atoms with E-state index in [2.05, 4.69) is 0 Å². The van der Waals surface area contributed by atoms with E-state index in [1.165, 1.54) is 0 Å². The van der Waals surface area contributed by atoms with Crippen molar-refractivity contribution in [3.8, 4) is 5.75 Å². The van der Waals surface area contributed by atoms with Gasteiger partial charge in [-0.15, -0.1) is 0 Å². The van der Waals surface area contributed by atoms with Gasteiger partial charge in [0.25, 0.3) is 0 Å². The largest absolute Gasteiger partial charge is 0.507 e. The molecule has 0 unspecified atom stereocenters. The van der Waals surface area contributed by atoms with E-state index in [1.54, 1.807) is 6.07 Å². The molecule has 0 atom stereocenters. The molecule has 0 aliphatic heterocycles. The topological polar surface area (TPSA) is 54.4 Å². The number of hydrogen-bond donors (Lipinski definition) is 1. The minimum Gasteiger partial charge on any atom is -0.507 e. The predicted molar refractivity (Wildman–Crippen MR) is 104 cm³/mol. The first kappa shape index (κ1) is 17.9. The lowest BCUT2D eigenvalue weighted by Gasteiger charge is -2.13. The lowest BCUT2D eigenvalue weighted by molar-refractivity contribution is -0.118. The maximum atomic E-state index is 12.8. The molecule has 0 saturated heterocycles. The first-order valence-corrected chi connectivity index (χ1v) is 8.92. The Kier molecular flexibility index (Phi) is 5.47. The van der Waals surface area contributed by atoms with Crippen LogP contribution in [0.25, 0.3) is 10.8 Å². The van der Waals surface area contributed by atoms with Crippen LogP contribution in [0.15, 0.2) is 60.7 Å². The van der Waals surface area contributed by atoms with Crippen LogP contribution in [0, 0.1) is 0 Å². The van der Waals surface area contributed by atoms with Crippen molar-refractivity contribution in [2.24, 2.45) is 0 Å². The molecule has 3 heteroatoms. The number of carbonyl (C=O) groups excluding carboxylic acids is 2. The Morgan fingerprint density at radius 1 is 0.962 bits per heavy atom. The zero-order valence-corrected chi connectivity index (χ0v) is 14.9. The Morgan fingerprint density at radius 3 is 2.38 bits per heavy atom. The molecule has 3 aromatic rings. The van der Waals surface area contributed by atoms with E-state index in [1.807, 2.05) is 61.5 Å². The maximum absolute atomic E-state index is 12.8. The molecule has 1 N–H and O–H groups in total. The lowest BCUT2D eigenvalue weighted by atomic mass is 9.92. The number of Topliss-reactive ketones (excluding diaryl/α,β-unsaturated/α-hetero) is 2. The van der Waals surface area contributed by atoms with Gasteiger partial charge in [0.05, 0.1) is 5.56 Å². The maximum Gasteiger partial charge on any atom is 0.170 e. The lowest BCUT2D eigenvalue weighted by Crippen LogP contribution is -2.06. The van der Waals surface area contributed by atoms with Gasteiger partial charge in [0.1, 0.15) is 11.5 Å². The van der Waals surface area contributed by atoms with Gasteiger partial charge in [-0.05, 0) is 28.8 Å². The van der Waals surface area contributed by atoms with Crippen molar-refractivity contribution in [2.45, 2.75) is 32.6 Å². The van der Waals surface area contributed by atoms with Crippen LogP contribution in [0.4, 0.5) is 0 Å². The first-order chi connectivity index (χ1) is 12.6. The Morgan fingerprint density at radius 2 is 1.65 bits per heavy atom. The quantitative estimate of drug-likeness (QED) is 0.620. The SMILES string of the molecule is CCC(=O)CCc1c(O)c(C(=O)Cc2ccccc2)cc2ccccc12. The highest BCUT2D eigenvalue weighted by molar-refractivity contribution is 6.05. The number of phenolic OH excluding ortho intramolecular Hbond substituents is 1. The van der Waals surface area contributed by atoms with Crippen LogP contribution < -0.4 is 0 Å². The number of fused-ring (bicyclic) bond motifs is 1. The third-order valence-electron chi connectivity index (χ3n) is 4.68. The monoisotopic (exact) mass is 346 g/mol. The fraction of sp³-hybridized carbons (Fsp3) is 0.217. The van der Waals surface area contributed by atoms with Crippen LogP contribution in [0.1, 0.15) is 41.3 Å². The molecule has 0 aliphatic carbocycles. The van der Waals surface area contributed by atoms with Crippen LogP contribution in [-0.2, 0) is 17.6 Å². The van der Waals surface area contributed by atoms with Crippen molar-refractivity contribution in [3.63, 3.8) is 0 Å². The summed E-state index contributed by atoms with van der Waals surface area (Å²) in [5, 5.41) is 12.6. The number of ketones is 2. The number of aromatic hydroxyl groups is 1. The Balaban J connectivity index is 2.01. The Labute approximate surface area is 153 Å². The molecule has 0 saturated carbocycles. The molecule has 132 valence electrons. The number of rotatable bonds is 7. The van der Waals surface area contributed by atoms with Crippen LogP contribution in [0.2, 0.25) is 0 Å². The number of benzene rings is 3. The minimum atomic E-state index is -0.123. The van der Waals surface area contributed by atoms with Gasteiger partial charge in [0, 0.05) is 24.8 Å². The number of aryl methyl sites for hydroxylation is 1. The molecular weight excluding hydrogens is 324 g/mol. The molecule has 0 fully saturated rings. The summed E-state index contributed by atoms with van der Waals surface area (Å²) in [6.07, 6.45) is 1.52. The van der Waals surface area contributed by atoms with Crippen LogP contribution in [0.3, 0.4) is 0 Å². The average molecular weight is 346 g/mol. The van der Waals surface area contributed by atoms with Gasteiger partial charge in [-0.3, -0.25) is 9.59 Å². The van der Waals surface area contributed by atoms with E-state index in [0.29, 0.717) is 30.4 Å². The van der Waals surface area contributed by atoms with Crippen LogP contribution in [0.5, 0.6) is 5.75 Å². The summed E-state index contributed by atoms with van der Waals surface area (Å²) in [5.41, 5.74) is 1.92. The van der Waals surface area contributed by atoms with Crippen molar-refractivity contribution >= 4 is 22.3 Å². The fourth-order valence-corrected chi connectivity index (χ4v) is 3.19.